The zero-order chi connectivity index (χ0) is 26.6. The predicted molar refractivity (Wildman–Crippen MR) is 147 cm³/mol. The molecule has 0 spiro atoms. The van der Waals surface area contributed by atoms with E-state index in [0.29, 0.717) is 11.4 Å². The number of hydrogen-bond acceptors (Lipinski definition) is 5. The highest BCUT2D eigenvalue weighted by Gasteiger charge is 2.22. The molecule has 5 aromatic rings. The summed E-state index contributed by atoms with van der Waals surface area (Å²) in [5.41, 5.74) is 7.33. The highest BCUT2D eigenvalue weighted by atomic mass is 16.5. The molecule has 0 atom stereocenters. The lowest BCUT2D eigenvalue weighted by Gasteiger charge is -2.10. The minimum Gasteiger partial charge on any atom is -0.451 e. The van der Waals surface area contributed by atoms with Gasteiger partial charge >= 0.3 is 5.97 Å². The van der Waals surface area contributed by atoms with Crippen molar-refractivity contribution in [3.63, 3.8) is 0 Å². The molecule has 0 saturated heterocycles. The molecule has 0 aliphatic heterocycles. The summed E-state index contributed by atoms with van der Waals surface area (Å²) >= 11 is 0. The first-order chi connectivity index (χ1) is 18.4. The Morgan fingerprint density at radius 2 is 1.37 bits per heavy atom. The van der Waals surface area contributed by atoms with Crippen molar-refractivity contribution in [2.45, 2.75) is 20.8 Å². The van der Waals surface area contributed by atoms with Crippen molar-refractivity contribution in [2.24, 2.45) is 0 Å². The molecule has 6 nitrogen and oxygen atoms in total. The van der Waals surface area contributed by atoms with E-state index >= 15 is 0 Å². The van der Waals surface area contributed by atoms with Gasteiger partial charge < -0.3 is 4.74 Å². The third-order valence-electron chi connectivity index (χ3n) is 6.34. The number of hydrogen-bond donors (Lipinski definition) is 0. The topological polar surface area (TPSA) is 74.1 Å². The van der Waals surface area contributed by atoms with Crippen LogP contribution >= 0.6 is 0 Å². The first kappa shape index (κ1) is 24.8. The summed E-state index contributed by atoms with van der Waals surface area (Å²) < 4.78 is 7.01. The molecule has 0 amide bonds. The van der Waals surface area contributed by atoms with Crippen molar-refractivity contribution >= 4 is 11.8 Å². The Balaban J connectivity index is 1.37. The molecule has 0 N–H and O–H groups in total. The van der Waals surface area contributed by atoms with Crippen LogP contribution in [0.4, 0.5) is 0 Å². The van der Waals surface area contributed by atoms with E-state index in [1.807, 2.05) is 106 Å². The Bertz CT molecular complexity index is 1600. The fourth-order valence-electron chi connectivity index (χ4n) is 4.16. The molecule has 0 aliphatic carbocycles. The Morgan fingerprint density at radius 1 is 0.737 bits per heavy atom. The molecule has 0 unspecified atom stereocenters. The van der Waals surface area contributed by atoms with Gasteiger partial charge in [-0.3, -0.25) is 4.79 Å². The fourth-order valence-corrected chi connectivity index (χ4v) is 4.16. The minimum atomic E-state index is -0.753. The van der Waals surface area contributed by atoms with Gasteiger partial charge in [0, 0.05) is 11.1 Å². The average molecular weight is 502 g/mol. The number of carbonyl (C=O) groups is 2. The average Bonchev–Trinajstić information content (AvgIpc) is 3.39. The Labute approximate surface area is 221 Å². The quantitative estimate of drug-likeness (QED) is 0.186. The third kappa shape index (κ3) is 5.30. The zero-order valence-electron chi connectivity index (χ0n) is 21.5. The van der Waals surface area contributed by atoms with E-state index in [0.717, 1.165) is 39.1 Å². The number of esters is 1. The molecule has 1 heterocycles. The second kappa shape index (κ2) is 10.6. The van der Waals surface area contributed by atoms with E-state index in [9.17, 15) is 9.59 Å². The largest absolute Gasteiger partial charge is 0.451 e. The molecule has 38 heavy (non-hydrogen) atoms. The molecule has 5 rings (SSSR count). The van der Waals surface area contributed by atoms with E-state index in [1.165, 1.54) is 0 Å². The van der Waals surface area contributed by atoms with Crippen LogP contribution in [0.15, 0.2) is 97.1 Å². The number of aromatic nitrogens is 3. The van der Waals surface area contributed by atoms with Crippen LogP contribution in [0, 0.1) is 20.8 Å². The van der Waals surface area contributed by atoms with Crippen molar-refractivity contribution in [2.75, 3.05) is 6.61 Å². The smallest absolute Gasteiger partial charge is 0.378 e. The molecular weight excluding hydrogens is 474 g/mol. The third-order valence-corrected chi connectivity index (χ3v) is 6.34. The van der Waals surface area contributed by atoms with Gasteiger partial charge in [-0.2, -0.15) is 0 Å². The van der Waals surface area contributed by atoms with Crippen LogP contribution in [-0.2, 0) is 4.74 Å². The van der Waals surface area contributed by atoms with Gasteiger partial charge in [0.15, 0.2) is 18.2 Å². The van der Waals surface area contributed by atoms with Gasteiger partial charge in [0.05, 0.1) is 5.69 Å². The number of ether oxygens (including phenoxy) is 1. The van der Waals surface area contributed by atoms with E-state index in [-0.39, 0.29) is 11.6 Å². The fraction of sp³-hybridized carbons (Fsp3) is 0.125. The van der Waals surface area contributed by atoms with Crippen LogP contribution in [0.25, 0.3) is 28.2 Å². The highest BCUT2D eigenvalue weighted by molar-refractivity contribution is 5.99. The van der Waals surface area contributed by atoms with Crippen LogP contribution in [0.1, 0.15) is 37.7 Å². The maximum atomic E-state index is 12.9. The number of rotatable bonds is 7. The molecule has 4 aromatic carbocycles. The van der Waals surface area contributed by atoms with E-state index < -0.39 is 12.6 Å². The lowest BCUT2D eigenvalue weighted by Crippen LogP contribution is -2.15. The van der Waals surface area contributed by atoms with E-state index in [1.54, 1.807) is 16.8 Å². The summed E-state index contributed by atoms with van der Waals surface area (Å²) in [4.78, 5) is 30.2. The SMILES string of the molecule is Cc1ccc(-c2nc(C(=O)OCC(=O)c3ccc(-c4ccccc4)cc3)nn2-c2cc(C)ccc2C)cc1. The van der Waals surface area contributed by atoms with Gasteiger partial charge in [-0.1, -0.05) is 96.6 Å². The highest BCUT2D eigenvalue weighted by Crippen LogP contribution is 2.25. The van der Waals surface area contributed by atoms with Crippen molar-refractivity contribution in [3.05, 3.63) is 125 Å². The summed E-state index contributed by atoms with van der Waals surface area (Å²) in [5.74, 6) is -0.635. The lowest BCUT2D eigenvalue weighted by atomic mass is 10.0. The molecule has 6 heteroatoms. The van der Waals surface area contributed by atoms with Crippen molar-refractivity contribution in [3.8, 4) is 28.2 Å². The number of Topliss-reactive ketones (excluding diaryl/α,β-unsaturated/α-hetero) is 1. The Hall–Kier alpha value is -4.84. The first-order valence-corrected chi connectivity index (χ1v) is 12.4. The van der Waals surface area contributed by atoms with Crippen LogP contribution in [0.3, 0.4) is 0 Å². The minimum absolute atomic E-state index is 0.103. The number of benzene rings is 4. The number of carbonyl (C=O) groups excluding carboxylic acids is 2. The Kier molecular flexibility index (Phi) is 6.96. The van der Waals surface area contributed by atoms with Crippen molar-refractivity contribution in [1.82, 2.24) is 14.8 Å². The van der Waals surface area contributed by atoms with Crippen LogP contribution < -0.4 is 0 Å². The maximum absolute atomic E-state index is 12.9. The second-order valence-corrected chi connectivity index (χ2v) is 9.27. The molecule has 0 aliphatic rings. The summed E-state index contributed by atoms with van der Waals surface area (Å²) in [7, 11) is 0. The lowest BCUT2D eigenvalue weighted by molar-refractivity contribution is 0.0462. The van der Waals surface area contributed by atoms with Gasteiger partial charge in [0.25, 0.3) is 5.82 Å². The van der Waals surface area contributed by atoms with Crippen LogP contribution in [0.2, 0.25) is 0 Å². The van der Waals surface area contributed by atoms with Crippen LogP contribution in [0.5, 0.6) is 0 Å². The van der Waals surface area contributed by atoms with Crippen molar-refractivity contribution in [1.29, 1.82) is 0 Å². The first-order valence-electron chi connectivity index (χ1n) is 12.4. The molecule has 0 radical (unpaired) electrons. The van der Waals surface area contributed by atoms with Gasteiger partial charge in [-0.15, -0.1) is 5.10 Å². The number of ketones is 1. The van der Waals surface area contributed by atoms with E-state index in [4.69, 9.17) is 4.74 Å². The monoisotopic (exact) mass is 501 g/mol. The predicted octanol–water partition coefficient (Wildman–Crippen LogP) is 6.57. The molecule has 1 aromatic heterocycles. The molecule has 188 valence electrons. The summed E-state index contributed by atoms with van der Waals surface area (Å²) in [6, 6.07) is 31.0. The zero-order valence-corrected chi connectivity index (χ0v) is 21.5. The number of nitrogens with zero attached hydrogens (tertiary/aromatic N) is 3. The van der Waals surface area contributed by atoms with Gasteiger partial charge in [-0.05, 0) is 49.1 Å². The van der Waals surface area contributed by atoms with Crippen LogP contribution in [-0.4, -0.2) is 33.1 Å². The normalized spacial score (nSPS) is 10.8. The second-order valence-electron chi connectivity index (χ2n) is 9.27. The van der Waals surface area contributed by atoms with Gasteiger partial charge in [-0.25, -0.2) is 14.5 Å². The Morgan fingerprint density at radius 3 is 2.08 bits per heavy atom. The summed E-state index contributed by atoms with van der Waals surface area (Å²) in [6.45, 7) is 5.59. The standard InChI is InChI=1S/C32H27N3O3/c1-21-10-13-27(14-11-21)31-33-30(34-35(31)28-19-22(2)9-12-23(28)3)32(37)38-20-29(36)26-17-15-25(16-18-26)24-7-5-4-6-8-24/h4-19H,20H2,1-3H3. The molecule has 0 fully saturated rings. The van der Waals surface area contributed by atoms with Crippen molar-refractivity contribution < 1.29 is 14.3 Å². The van der Waals surface area contributed by atoms with Gasteiger partial charge in [0.2, 0.25) is 0 Å². The number of aryl methyl sites for hydroxylation is 3. The maximum Gasteiger partial charge on any atom is 0.378 e. The summed E-state index contributed by atoms with van der Waals surface area (Å²) in [5, 5.41) is 4.50. The molecule has 0 saturated carbocycles. The molecule has 0 bridgehead atoms. The molecular formula is C32H27N3O3. The van der Waals surface area contributed by atoms with Gasteiger partial charge in [0.1, 0.15) is 0 Å². The summed E-state index contributed by atoms with van der Waals surface area (Å²) in [6.07, 6.45) is 0. The van der Waals surface area contributed by atoms with E-state index in [2.05, 4.69) is 10.1 Å².